The average molecular weight is 342 g/mol. The van der Waals surface area contributed by atoms with Crippen molar-refractivity contribution in [2.75, 3.05) is 21.0 Å². The van der Waals surface area contributed by atoms with Gasteiger partial charge in [-0.3, -0.25) is 0 Å². The molecule has 6 nitrogen and oxygen atoms in total. The van der Waals surface area contributed by atoms with E-state index in [1.54, 1.807) is 18.2 Å². The Labute approximate surface area is 135 Å². The molecule has 1 aromatic carbocycles. The van der Waals surface area contributed by atoms with Gasteiger partial charge in [-0.25, -0.2) is 0 Å². The molecule has 0 amide bonds. The summed E-state index contributed by atoms with van der Waals surface area (Å²) >= 11 is 0. The van der Waals surface area contributed by atoms with Gasteiger partial charge in [-0.1, -0.05) is 6.07 Å². The fourth-order valence-corrected chi connectivity index (χ4v) is 2.35. The van der Waals surface area contributed by atoms with Crippen molar-refractivity contribution >= 4 is 0 Å². The molecule has 0 saturated heterocycles. The number of fused-ring (bicyclic) bond motifs is 1. The lowest BCUT2D eigenvalue weighted by Crippen LogP contribution is -2.15. The zero-order valence-electron chi connectivity index (χ0n) is 12.8. The van der Waals surface area contributed by atoms with Gasteiger partial charge in [0.05, 0.1) is 14.2 Å². The van der Waals surface area contributed by atoms with Gasteiger partial charge in [0.15, 0.2) is 17.2 Å². The average Bonchev–Trinajstić information content (AvgIpc) is 3.01. The largest absolute Gasteiger partial charge is 0.481 e. The Kier molecular flexibility index (Phi) is 4.08. The van der Waals surface area contributed by atoms with Gasteiger partial charge in [0, 0.05) is 12.0 Å². The number of ether oxygens (including phenoxy) is 4. The van der Waals surface area contributed by atoms with Crippen LogP contribution in [-0.4, -0.2) is 31.0 Å². The second kappa shape index (κ2) is 6.06. The van der Waals surface area contributed by atoms with Crippen LogP contribution in [0.5, 0.6) is 23.4 Å². The Hall–Kier alpha value is -2.71. The number of rotatable bonds is 4. The molecule has 0 radical (unpaired) electrons. The smallest absolute Gasteiger partial charge is 0.434 e. The Bertz CT molecular complexity index is 765. The Morgan fingerprint density at radius 1 is 1.08 bits per heavy atom. The summed E-state index contributed by atoms with van der Waals surface area (Å²) in [5, 5.41) is 0. The predicted octanol–water partition coefficient (Wildman–Crippen LogP) is 2.83. The van der Waals surface area contributed by atoms with Crippen LogP contribution in [0.3, 0.4) is 0 Å². The number of benzene rings is 1. The van der Waals surface area contributed by atoms with Crippen LogP contribution in [-0.2, 0) is 12.6 Å². The molecular weight excluding hydrogens is 329 g/mol. The molecule has 9 heteroatoms. The van der Waals surface area contributed by atoms with Crippen LogP contribution < -0.4 is 18.9 Å². The molecule has 3 rings (SSSR count). The van der Waals surface area contributed by atoms with Crippen molar-refractivity contribution in [2.24, 2.45) is 0 Å². The number of methoxy groups -OCH3 is 2. The molecular formula is C15H13F3N2O4. The van der Waals surface area contributed by atoms with E-state index in [2.05, 4.69) is 9.97 Å². The maximum Gasteiger partial charge on any atom is 0.434 e. The molecule has 0 unspecified atom stereocenters. The van der Waals surface area contributed by atoms with Gasteiger partial charge in [-0.2, -0.15) is 23.1 Å². The summed E-state index contributed by atoms with van der Waals surface area (Å²) < 4.78 is 60.2. The Balaban J connectivity index is 2.05. The van der Waals surface area contributed by atoms with Crippen molar-refractivity contribution in [3.63, 3.8) is 0 Å². The zero-order chi connectivity index (χ0) is 17.3. The number of halogens is 3. The van der Waals surface area contributed by atoms with Crippen molar-refractivity contribution in [2.45, 2.75) is 12.6 Å². The molecule has 2 heterocycles. The van der Waals surface area contributed by atoms with Crippen molar-refractivity contribution in [1.82, 2.24) is 9.97 Å². The number of hydrogen-bond acceptors (Lipinski definition) is 6. The lowest BCUT2D eigenvalue weighted by atomic mass is 10.0. The molecule has 2 aromatic rings. The molecule has 0 atom stereocenters. The predicted molar refractivity (Wildman–Crippen MR) is 75.5 cm³/mol. The monoisotopic (exact) mass is 342 g/mol. The first-order chi connectivity index (χ1) is 11.4. The highest BCUT2D eigenvalue weighted by atomic mass is 19.4. The number of aromatic nitrogens is 2. The highest BCUT2D eigenvalue weighted by Gasteiger charge is 2.38. The first kappa shape index (κ1) is 16.2. The second-order valence-electron chi connectivity index (χ2n) is 4.91. The summed E-state index contributed by atoms with van der Waals surface area (Å²) in [6.07, 6.45) is -4.76. The molecule has 1 aromatic heterocycles. The van der Waals surface area contributed by atoms with E-state index in [0.29, 0.717) is 17.1 Å². The van der Waals surface area contributed by atoms with Crippen molar-refractivity contribution in [3.8, 4) is 23.4 Å². The van der Waals surface area contributed by atoms with Crippen LogP contribution in [0.2, 0.25) is 0 Å². The summed E-state index contributed by atoms with van der Waals surface area (Å²) in [5.41, 5.74) is -0.689. The lowest BCUT2D eigenvalue weighted by Gasteiger charge is -2.15. The molecule has 1 aliphatic heterocycles. The first-order valence-corrected chi connectivity index (χ1v) is 6.87. The van der Waals surface area contributed by atoms with Gasteiger partial charge in [0.2, 0.25) is 12.7 Å². The van der Waals surface area contributed by atoms with Gasteiger partial charge >= 0.3 is 12.2 Å². The van der Waals surface area contributed by atoms with E-state index in [1.807, 2.05) is 0 Å². The Morgan fingerprint density at radius 3 is 2.50 bits per heavy atom. The van der Waals surface area contributed by atoms with E-state index >= 15 is 0 Å². The minimum absolute atomic E-state index is 0.0847. The van der Waals surface area contributed by atoms with Crippen LogP contribution in [0.4, 0.5) is 13.2 Å². The van der Waals surface area contributed by atoms with Gasteiger partial charge in [-0.05, 0) is 17.7 Å². The molecule has 0 N–H and O–H groups in total. The summed E-state index contributed by atoms with van der Waals surface area (Å²) in [7, 11) is 2.43. The number of alkyl halides is 3. The van der Waals surface area contributed by atoms with Gasteiger partial charge in [-0.15, -0.1) is 0 Å². The van der Waals surface area contributed by atoms with Gasteiger partial charge < -0.3 is 18.9 Å². The van der Waals surface area contributed by atoms with E-state index in [9.17, 15) is 13.2 Å². The highest BCUT2D eigenvalue weighted by Crippen LogP contribution is 2.38. The fourth-order valence-electron chi connectivity index (χ4n) is 2.35. The van der Waals surface area contributed by atoms with E-state index in [-0.39, 0.29) is 24.7 Å². The summed E-state index contributed by atoms with van der Waals surface area (Å²) in [6, 6.07) is 4.50. The number of nitrogens with zero attached hydrogens (tertiary/aromatic N) is 2. The molecule has 0 spiro atoms. The lowest BCUT2D eigenvalue weighted by molar-refractivity contribution is -0.142. The molecule has 0 saturated carbocycles. The van der Waals surface area contributed by atoms with E-state index in [0.717, 1.165) is 0 Å². The minimum Gasteiger partial charge on any atom is -0.481 e. The molecule has 0 bridgehead atoms. The second-order valence-corrected chi connectivity index (χ2v) is 4.91. The van der Waals surface area contributed by atoms with Crippen molar-refractivity contribution in [3.05, 3.63) is 35.0 Å². The van der Waals surface area contributed by atoms with Crippen molar-refractivity contribution in [1.29, 1.82) is 0 Å². The maximum absolute atomic E-state index is 13.4. The minimum atomic E-state index is -4.67. The van der Waals surface area contributed by atoms with E-state index in [4.69, 9.17) is 18.9 Å². The summed E-state index contributed by atoms with van der Waals surface area (Å²) in [5.74, 6) is 0.842. The summed E-state index contributed by atoms with van der Waals surface area (Å²) in [6.45, 7) is 0.0849. The number of hydrogen-bond donors (Lipinski definition) is 0. The van der Waals surface area contributed by atoms with Gasteiger partial charge in [0.1, 0.15) is 0 Å². The van der Waals surface area contributed by atoms with Crippen molar-refractivity contribution < 1.29 is 32.1 Å². The topological polar surface area (TPSA) is 62.7 Å². The standard InChI is InChI=1S/C15H13F3N2O4/c1-21-13-9(12(15(16,17)18)19-14(20-13)22-2)5-8-3-4-10-11(6-8)24-7-23-10/h3-4,6H,5,7H2,1-2H3. The quantitative estimate of drug-likeness (QED) is 0.851. The zero-order valence-corrected chi connectivity index (χ0v) is 12.8. The van der Waals surface area contributed by atoms with Gasteiger partial charge in [0.25, 0.3) is 0 Å². The highest BCUT2D eigenvalue weighted by molar-refractivity contribution is 5.47. The molecule has 1 aliphatic rings. The normalized spacial score (nSPS) is 13.0. The molecule has 0 fully saturated rings. The van der Waals surface area contributed by atoms with E-state index in [1.165, 1.54) is 14.2 Å². The SMILES string of the molecule is COc1nc(OC)c(Cc2ccc3c(c2)OCO3)c(C(F)(F)F)n1. The van der Waals surface area contributed by atoms with Crippen LogP contribution in [0, 0.1) is 0 Å². The first-order valence-electron chi connectivity index (χ1n) is 6.87. The van der Waals surface area contributed by atoms with Crippen LogP contribution >= 0.6 is 0 Å². The third kappa shape index (κ3) is 3.01. The third-order valence-corrected chi connectivity index (χ3v) is 3.41. The van der Waals surface area contributed by atoms with Crippen LogP contribution in [0.1, 0.15) is 16.8 Å². The third-order valence-electron chi connectivity index (χ3n) is 3.41. The molecule has 0 aliphatic carbocycles. The molecule has 24 heavy (non-hydrogen) atoms. The van der Waals surface area contributed by atoms with Crippen LogP contribution in [0.25, 0.3) is 0 Å². The summed E-state index contributed by atoms with van der Waals surface area (Å²) in [4.78, 5) is 7.29. The van der Waals surface area contributed by atoms with E-state index < -0.39 is 17.9 Å². The maximum atomic E-state index is 13.4. The fraction of sp³-hybridized carbons (Fsp3) is 0.333. The van der Waals surface area contributed by atoms with Crippen LogP contribution in [0.15, 0.2) is 18.2 Å². The molecule has 128 valence electrons. The Morgan fingerprint density at radius 2 is 1.83 bits per heavy atom.